The van der Waals surface area contributed by atoms with Crippen molar-refractivity contribution in [3.05, 3.63) is 65.7 Å². The first-order valence-electron chi connectivity index (χ1n) is 5.78. The quantitative estimate of drug-likeness (QED) is 0.687. The molecule has 5 heteroatoms. The largest absolute Gasteiger partial charge is 0.321 e. The molecule has 1 N–H and O–H groups in total. The topological polar surface area (TPSA) is 65.8 Å². The highest BCUT2D eigenvalue weighted by Crippen LogP contribution is 2.11. The number of pyridine rings is 1. The van der Waals surface area contributed by atoms with Crippen LogP contribution in [0.5, 0.6) is 0 Å². The second-order valence-corrected chi connectivity index (χ2v) is 3.92. The molecule has 4 nitrogen and oxygen atoms in total. The average molecular weight is 267 g/mol. The van der Waals surface area contributed by atoms with E-state index in [4.69, 9.17) is 5.26 Å². The first-order valence-corrected chi connectivity index (χ1v) is 5.78. The van der Waals surface area contributed by atoms with Crippen LogP contribution in [-0.2, 0) is 4.79 Å². The number of anilines is 1. The molecule has 98 valence electrons. The van der Waals surface area contributed by atoms with Crippen LogP contribution in [0.2, 0.25) is 0 Å². The Hall–Kier alpha value is -3.00. The number of nitrogens with one attached hydrogen (secondary N) is 1. The van der Waals surface area contributed by atoms with E-state index in [9.17, 15) is 9.18 Å². The number of carbonyl (C=O) groups excluding carboxylic acids is 1. The van der Waals surface area contributed by atoms with E-state index in [2.05, 4.69) is 10.3 Å². The summed E-state index contributed by atoms with van der Waals surface area (Å²) in [5, 5.41) is 11.5. The summed E-state index contributed by atoms with van der Waals surface area (Å²) >= 11 is 0. The van der Waals surface area contributed by atoms with Gasteiger partial charge < -0.3 is 5.32 Å². The molecule has 0 fully saturated rings. The van der Waals surface area contributed by atoms with Crippen LogP contribution in [-0.4, -0.2) is 10.9 Å². The Balaban J connectivity index is 2.16. The van der Waals surface area contributed by atoms with E-state index in [0.29, 0.717) is 11.3 Å². The molecule has 2 rings (SSSR count). The van der Waals surface area contributed by atoms with E-state index in [1.165, 1.54) is 30.3 Å². The summed E-state index contributed by atoms with van der Waals surface area (Å²) in [6.07, 6.45) is 4.58. The van der Waals surface area contributed by atoms with Gasteiger partial charge >= 0.3 is 0 Å². The lowest BCUT2D eigenvalue weighted by Crippen LogP contribution is -2.13. The van der Waals surface area contributed by atoms with Gasteiger partial charge in [-0.3, -0.25) is 9.78 Å². The standard InChI is InChI=1S/C15H10FN3O/c16-13-3-5-14(6-4-13)19-15(20)12(9-17)8-11-2-1-7-18-10-11/h1-8,10H,(H,19,20)/b12-8+. The fourth-order valence-electron chi connectivity index (χ4n) is 1.51. The van der Waals surface area contributed by atoms with Crippen LogP contribution in [0.25, 0.3) is 6.08 Å². The van der Waals surface area contributed by atoms with E-state index in [1.807, 2.05) is 6.07 Å². The van der Waals surface area contributed by atoms with Crippen molar-refractivity contribution in [2.45, 2.75) is 0 Å². The minimum atomic E-state index is -0.553. The molecule has 0 aliphatic carbocycles. The maximum Gasteiger partial charge on any atom is 0.266 e. The first-order chi connectivity index (χ1) is 9.69. The van der Waals surface area contributed by atoms with Crippen molar-refractivity contribution in [1.29, 1.82) is 5.26 Å². The van der Waals surface area contributed by atoms with Gasteiger partial charge in [-0.25, -0.2) is 4.39 Å². The zero-order valence-electron chi connectivity index (χ0n) is 10.4. The van der Waals surface area contributed by atoms with Crippen molar-refractivity contribution in [3.63, 3.8) is 0 Å². The van der Waals surface area contributed by atoms with E-state index in [1.54, 1.807) is 24.5 Å². The lowest BCUT2D eigenvalue weighted by Gasteiger charge is -2.03. The predicted molar refractivity (Wildman–Crippen MR) is 72.9 cm³/mol. The molecule has 0 bridgehead atoms. The molecule has 0 spiro atoms. The molecule has 0 unspecified atom stereocenters. The Morgan fingerprint density at radius 3 is 2.65 bits per heavy atom. The SMILES string of the molecule is N#C/C(=C\c1cccnc1)C(=O)Nc1ccc(F)cc1. The van der Waals surface area contributed by atoms with Gasteiger partial charge in [-0.2, -0.15) is 5.26 Å². The van der Waals surface area contributed by atoms with Gasteiger partial charge in [0.2, 0.25) is 0 Å². The van der Waals surface area contributed by atoms with Crippen molar-refractivity contribution in [1.82, 2.24) is 4.98 Å². The van der Waals surface area contributed by atoms with E-state index in [-0.39, 0.29) is 5.57 Å². The minimum Gasteiger partial charge on any atom is -0.321 e. The third-order valence-electron chi connectivity index (χ3n) is 2.46. The fraction of sp³-hybridized carbons (Fsp3) is 0. The summed E-state index contributed by atoms with van der Waals surface area (Å²) in [7, 11) is 0. The van der Waals surface area contributed by atoms with Gasteiger partial charge in [0.25, 0.3) is 5.91 Å². The molecule has 0 aliphatic rings. The highest BCUT2D eigenvalue weighted by atomic mass is 19.1. The van der Waals surface area contributed by atoms with E-state index < -0.39 is 11.7 Å². The van der Waals surface area contributed by atoms with Gasteiger partial charge in [0.1, 0.15) is 17.5 Å². The lowest BCUT2D eigenvalue weighted by atomic mass is 10.1. The maximum absolute atomic E-state index is 12.8. The Bertz CT molecular complexity index is 673. The number of amides is 1. The van der Waals surface area contributed by atoms with Crippen LogP contribution < -0.4 is 5.32 Å². The van der Waals surface area contributed by atoms with Gasteiger partial charge in [-0.1, -0.05) is 6.07 Å². The number of benzene rings is 1. The number of nitriles is 1. The van der Waals surface area contributed by atoms with Crippen molar-refractivity contribution in [3.8, 4) is 6.07 Å². The summed E-state index contributed by atoms with van der Waals surface area (Å²) in [4.78, 5) is 15.8. The van der Waals surface area contributed by atoms with Crippen LogP contribution in [0, 0.1) is 17.1 Å². The Morgan fingerprint density at radius 2 is 2.05 bits per heavy atom. The fourth-order valence-corrected chi connectivity index (χ4v) is 1.51. The summed E-state index contributed by atoms with van der Waals surface area (Å²) < 4.78 is 12.8. The van der Waals surface area contributed by atoms with Gasteiger partial charge in [-0.15, -0.1) is 0 Å². The number of nitrogens with zero attached hydrogens (tertiary/aromatic N) is 2. The van der Waals surface area contributed by atoms with Gasteiger partial charge in [0.05, 0.1) is 0 Å². The molecule has 20 heavy (non-hydrogen) atoms. The van der Waals surface area contributed by atoms with Crippen LogP contribution in [0.3, 0.4) is 0 Å². The average Bonchev–Trinajstić information content (AvgIpc) is 2.48. The Morgan fingerprint density at radius 1 is 1.30 bits per heavy atom. The van der Waals surface area contributed by atoms with Crippen LogP contribution in [0.1, 0.15) is 5.56 Å². The second-order valence-electron chi connectivity index (χ2n) is 3.92. The maximum atomic E-state index is 12.8. The molecule has 1 amide bonds. The number of aromatic nitrogens is 1. The second kappa shape index (κ2) is 6.25. The Kier molecular flexibility index (Phi) is 4.20. The van der Waals surface area contributed by atoms with Crippen molar-refractivity contribution in [2.75, 3.05) is 5.32 Å². The third-order valence-corrected chi connectivity index (χ3v) is 2.46. The first kappa shape index (κ1) is 13.4. The van der Waals surface area contributed by atoms with Gasteiger partial charge in [0, 0.05) is 18.1 Å². The molecule has 0 saturated carbocycles. The highest BCUT2D eigenvalue weighted by molar-refractivity contribution is 6.09. The van der Waals surface area contributed by atoms with Crippen molar-refractivity contribution < 1.29 is 9.18 Å². The van der Waals surface area contributed by atoms with E-state index in [0.717, 1.165) is 0 Å². The minimum absolute atomic E-state index is 0.0534. The van der Waals surface area contributed by atoms with Crippen LogP contribution in [0.15, 0.2) is 54.4 Å². The molecular formula is C15H10FN3O. The molecule has 2 aromatic rings. The number of carbonyl (C=O) groups is 1. The number of hydrogen-bond acceptors (Lipinski definition) is 3. The highest BCUT2D eigenvalue weighted by Gasteiger charge is 2.09. The molecule has 0 radical (unpaired) electrons. The molecule has 1 heterocycles. The summed E-state index contributed by atoms with van der Waals surface area (Å²) in [5.74, 6) is -0.947. The number of hydrogen-bond donors (Lipinski definition) is 1. The molecular weight excluding hydrogens is 257 g/mol. The predicted octanol–water partition coefficient (Wildman–Crippen LogP) is 2.77. The number of halogens is 1. The van der Waals surface area contributed by atoms with Crippen molar-refractivity contribution >= 4 is 17.7 Å². The molecule has 0 aliphatic heterocycles. The monoisotopic (exact) mass is 267 g/mol. The smallest absolute Gasteiger partial charge is 0.266 e. The molecule has 1 aromatic heterocycles. The summed E-state index contributed by atoms with van der Waals surface area (Å²) in [5.41, 5.74) is 1.02. The number of rotatable bonds is 3. The molecule has 1 aromatic carbocycles. The van der Waals surface area contributed by atoms with Crippen LogP contribution >= 0.6 is 0 Å². The molecule has 0 saturated heterocycles. The van der Waals surface area contributed by atoms with E-state index >= 15 is 0 Å². The lowest BCUT2D eigenvalue weighted by molar-refractivity contribution is -0.112. The van der Waals surface area contributed by atoms with Crippen LogP contribution in [0.4, 0.5) is 10.1 Å². The zero-order chi connectivity index (χ0) is 14.4. The summed E-state index contributed by atoms with van der Waals surface area (Å²) in [6.45, 7) is 0. The van der Waals surface area contributed by atoms with Crippen molar-refractivity contribution in [2.24, 2.45) is 0 Å². The third kappa shape index (κ3) is 3.50. The summed E-state index contributed by atoms with van der Waals surface area (Å²) in [6, 6.07) is 10.6. The van der Waals surface area contributed by atoms with Gasteiger partial charge in [0.15, 0.2) is 0 Å². The van der Waals surface area contributed by atoms with Gasteiger partial charge in [-0.05, 0) is 42.0 Å². The zero-order valence-corrected chi connectivity index (χ0v) is 10.4. The Labute approximate surface area is 115 Å². The normalized spacial score (nSPS) is 10.7. The molecule has 0 atom stereocenters.